The number of hydrogen-bond acceptors (Lipinski definition) is 3. The van der Waals surface area contributed by atoms with Crippen LogP contribution in [0.1, 0.15) is 33.6 Å². The fourth-order valence-corrected chi connectivity index (χ4v) is 2.11. The van der Waals surface area contributed by atoms with Crippen LogP contribution in [0, 0.1) is 0 Å². The molecule has 1 rings (SSSR count). The normalized spacial score (nSPS) is 22.6. The third-order valence-corrected chi connectivity index (χ3v) is 3.84. The van der Waals surface area contributed by atoms with Gasteiger partial charge in [-0.15, -0.1) is 11.8 Å². The number of rotatable bonds is 5. The van der Waals surface area contributed by atoms with Gasteiger partial charge in [0, 0.05) is 11.3 Å². The number of hydrogen-bond donors (Lipinski definition) is 2. The van der Waals surface area contributed by atoms with Crippen LogP contribution < -0.4 is 5.32 Å². The molecule has 14 heavy (non-hydrogen) atoms. The topological polar surface area (TPSA) is 49.3 Å². The molecule has 0 radical (unpaired) electrons. The van der Waals surface area contributed by atoms with Gasteiger partial charge in [-0.05, 0) is 26.7 Å². The third-order valence-electron chi connectivity index (χ3n) is 2.39. The Balaban J connectivity index is 2.24. The Morgan fingerprint density at radius 2 is 2.00 bits per heavy atom. The summed E-state index contributed by atoms with van der Waals surface area (Å²) in [5.74, 6) is 0.102. The summed E-state index contributed by atoms with van der Waals surface area (Å²) < 4.78 is 0. The molecular formula is C10H19NO2S. The number of nitrogens with one attached hydrogen (secondary N) is 1. The van der Waals surface area contributed by atoms with Gasteiger partial charge >= 0.3 is 0 Å². The Morgan fingerprint density at radius 3 is 2.43 bits per heavy atom. The highest BCUT2D eigenvalue weighted by Crippen LogP contribution is 2.23. The Kier molecular flexibility index (Phi) is 4.26. The Labute approximate surface area is 89.6 Å². The Bertz CT molecular complexity index is 204. The molecule has 0 aromatic carbocycles. The van der Waals surface area contributed by atoms with Crippen molar-refractivity contribution >= 4 is 17.7 Å². The zero-order valence-corrected chi connectivity index (χ0v) is 9.80. The summed E-state index contributed by atoms with van der Waals surface area (Å²) >= 11 is 1.52. The summed E-state index contributed by atoms with van der Waals surface area (Å²) in [5, 5.41) is 12.3. The highest BCUT2D eigenvalue weighted by Gasteiger charge is 2.26. The van der Waals surface area contributed by atoms with Gasteiger partial charge in [-0.25, -0.2) is 0 Å². The molecule has 4 heteroatoms. The molecule has 0 heterocycles. The molecule has 3 atom stereocenters. The van der Waals surface area contributed by atoms with Gasteiger partial charge < -0.3 is 10.4 Å². The summed E-state index contributed by atoms with van der Waals surface area (Å²) in [7, 11) is 0. The van der Waals surface area contributed by atoms with Crippen molar-refractivity contribution in [2.45, 2.75) is 56.3 Å². The molecule has 82 valence electrons. The van der Waals surface area contributed by atoms with Crippen LogP contribution in [-0.4, -0.2) is 33.7 Å². The summed E-state index contributed by atoms with van der Waals surface area (Å²) in [6.45, 7) is 5.58. The van der Waals surface area contributed by atoms with Gasteiger partial charge in [-0.1, -0.05) is 6.92 Å². The van der Waals surface area contributed by atoms with Crippen molar-refractivity contribution in [3.63, 3.8) is 0 Å². The summed E-state index contributed by atoms with van der Waals surface area (Å²) in [6, 6.07) is 0.424. The van der Waals surface area contributed by atoms with E-state index in [0.29, 0.717) is 6.04 Å². The van der Waals surface area contributed by atoms with E-state index in [1.807, 2.05) is 13.8 Å². The van der Waals surface area contributed by atoms with E-state index in [4.69, 9.17) is 0 Å². The second kappa shape index (κ2) is 5.03. The van der Waals surface area contributed by atoms with Gasteiger partial charge in [0.2, 0.25) is 5.91 Å². The van der Waals surface area contributed by atoms with Gasteiger partial charge in [0.05, 0.1) is 11.4 Å². The van der Waals surface area contributed by atoms with Gasteiger partial charge in [0.25, 0.3) is 0 Å². The lowest BCUT2D eigenvalue weighted by Crippen LogP contribution is -2.34. The minimum absolute atomic E-state index is 0.0693. The number of thioether (sulfide) groups is 1. The van der Waals surface area contributed by atoms with Gasteiger partial charge in [-0.3, -0.25) is 4.79 Å². The van der Waals surface area contributed by atoms with Crippen LogP contribution in [0.3, 0.4) is 0 Å². The fourth-order valence-electron chi connectivity index (χ4n) is 1.04. The van der Waals surface area contributed by atoms with Crippen LogP contribution in [0.15, 0.2) is 0 Å². The molecule has 3 nitrogen and oxygen atoms in total. The number of carbonyl (C=O) groups excluding carboxylic acids is 1. The number of aliphatic hydroxyl groups excluding tert-OH is 1. The lowest BCUT2D eigenvalue weighted by molar-refractivity contribution is -0.120. The Hall–Kier alpha value is -0.220. The maximum absolute atomic E-state index is 11.5. The van der Waals surface area contributed by atoms with Crippen molar-refractivity contribution in [3.05, 3.63) is 0 Å². The van der Waals surface area contributed by atoms with Crippen LogP contribution in [0.4, 0.5) is 0 Å². The standard InChI is InChI=1S/C10H19NO2S/c1-6(12)7(2)14-8(3)10(13)11-9-4-5-9/h6-9,12H,4-5H2,1-3H3,(H,11,13). The SMILES string of the molecule is CC(SC(C)C(C)O)C(=O)NC1CC1. The first-order valence-electron chi connectivity index (χ1n) is 5.14. The molecule has 2 N–H and O–H groups in total. The molecule has 1 aliphatic rings. The van der Waals surface area contributed by atoms with Gasteiger partial charge in [0.1, 0.15) is 0 Å². The first kappa shape index (κ1) is 11.9. The highest BCUT2D eigenvalue weighted by molar-refractivity contribution is 8.01. The zero-order chi connectivity index (χ0) is 10.7. The van der Waals surface area contributed by atoms with Gasteiger partial charge in [-0.2, -0.15) is 0 Å². The second-order valence-corrected chi connectivity index (χ2v) is 5.73. The monoisotopic (exact) mass is 217 g/mol. The first-order valence-corrected chi connectivity index (χ1v) is 6.09. The molecule has 1 saturated carbocycles. The number of carbonyl (C=O) groups is 1. The predicted molar refractivity (Wildman–Crippen MR) is 59.4 cm³/mol. The smallest absolute Gasteiger partial charge is 0.233 e. The molecule has 0 spiro atoms. The van der Waals surface area contributed by atoms with Crippen LogP contribution in [-0.2, 0) is 4.79 Å². The first-order chi connectivity index (χ1) is 6.50. The molecule has 0 aromatic heterocycles. The highest BCUT2D eigenvalue weighted by atomic mass is 32.2. The van der Waals surface area contributed by atoms with Crippen molar-refractivity contribution < 1.29 is 9.90 Å². The van der Waals surface area contributed by atoms with Crippen molar-refractivity contribution in [1.82, 2.24) is 5.32 Å². The molecule has 0 bridgehead atoms. The number of amides is 1. The van der Waals surface area contributed by atoms with E-state index < -0.39 is 0 Å². The molecule has 1 fully saturated rings. The molecule has 1 amide bonds. The van der Waals surface area contributed by atoms with Crippen LogP contribution in [0.2, 0.25) is 0 Å². The van der Waals surface area contributed by atoms with E-state index in [1.165, 1.54) is 11.8 Å². The van der Waals surface area contributed by atoms with E-state index in [0.717, 1.165) is 12.8 Å². The van der Waals surface area contributed by atoms with Crippen LogP contribution in [0.25, 0.3) is 0 Å². The van der Waals surface area contributed by atoms with Crippen LogP contribution in [0.5, 0.6) is 0 Å². The predicted octanol–water partition coefficient (Wildman–Crippen LogP) is 1.16. The maximum Gasteiger partial charge on any atom is 0.233 e. The largest absolute Gasteiger partial charge is 0.392 e. The number of aliphatic hydroxyl groups is 1. The minimum atomic E-state index is -0.365. The van der Waals surface area contributed by atoms with E-state index >= 15 is 0 Å². The van der Waals surface area contributed by atoms with E-state index in [2.05, 4.69) is 5.32 Å². The Morgan fingerprint density at radius 1 is 1.43 bits per heavy atom. The molecule has 0 saturated heterocycles. The summed E-state index contributed by atoms with van der Waals surface area (Å²) in [6.07, 6.45) is 1.88. The molecule has 1 aliphatic carbocycles. The minimum Gasteiger partial charge on any atom is -0.392 e. The average molecular weight is 217 g/mol. The molecule has 0 aromatic rings. The van der Waals surface area contributed by atoms with Crippen LogP contribution >= 0.6 is 11.8 Å². The lowest BCUT2D eigenvalue weighted by Gasteiger charge is -2.18. The summed E-state index contributed by atoms with van der Waals surface area (Å²) in [4.78, 5) is 11.5. The van der Waals surface area contributed by atoms with Crippen molar-refractivity contribution in [2.24, 2.45) is 0 Å². The zero-order valence-electron chi connectivity index (χ0n) is 8.99. The van der Waals surface area contributed by atoms with E-state index in [-0.39, 0.29) is 22.5 Å². The maximum atomic E-state index is 11.5. The molecule has 0 aliphatic heterocycles. The molecule has 3 unspecified atom stereocenters. The van der Waals surface area contributed by atoms with Crippen molar-refractivity contribution in [3.8, 4) is 0 Å². The average Bonchev–Trinajstić information content (AvgIpc) is 2.87. The second-order valence-electron chi connectivity index (χ2n) is 4.01. The summed E-state index contributed by atoms with van der Waals surface area (Å²) in [5.41, 5.74) is 0. The van der Waals surface area contributed by atoms with E-state index in [9.17, 15) is 9.90 Å². The van der Waals surface area contributed by atoms with Crippen molar-refractivity contribution in [1.29, 1.82) is 0 Å². The van der Waals surface area contributed by atoms with E-state index in [1.54, 1.807) is 6.92 Å². The van der Waals surface area contributed by atoms with Crippen molar-refractivity contribution in [2.75, 3.05) is 0 Å². The lowest BCUT2D eigenvalue weighted by atomic mass is 10.3. The van der Waals surface area contributed by atoms with Gasteiger partial charge in [0.15, 0.2) is 0 Å². The fraction of sp³-hybridized carbons (Fsp3) is 0.900. The quantitative estimate of drug-likeness (QED) is 0.726. The third kappa shape index (κ3) is 3.88. The molecular weight excluding hydrogens is 198 g/mol.